The van der Waals surface area contributed by atoms with Crippen LogP contribution in [-0.4, -0.2) is 19.1 Å². The van der Waals surface area contributed by atoms with Gasteiger partial charge in [-0.05, 0) is 70.1 Å². The van der Waals surface area contributed by atoms with Gasteiger partial charge in [0.25, 0.3) is 0 Å². The van der Waals surface area contributed by atoms with Crippen molar-refractivity contribution in [2.75, 3.05) is 0 Å². The highest BCUT2D eigenvalue weighted by atomic mass is 15.2. The van der Waals surface area contributed by atoms with Crippen molar-refractivity contribution in [3.8, 4) is 17.7 Å². The largest absolute Gasteiger partial charge is 0.309 e. The van der Waals surface area contributed by atoms with Gasteiger partial charge in [0.1, 0.15) is 6.07 Å². The molecule has 212 valence electrons. The molecular weight excluding hydrogens is 562 g/mol. The molecule has 0 fully saturated rings. The molecule has 0 bridgehead atoms. The molecule has 0 radical (unpaired) electrons. The van der Waals surface area contributed by atoms with Gasteiger partial charge in [-0.2, -0.15) is 5.26 Å². The Morgan fingerprint density at radius 3 is 1.80 bits per heavy atom. The second-order valence-electron chi connectivity index (χ2n) is 11.8. The zero-order valence-electron chi connectivity index (χ0n) is 24.5. The van der Waals surface area contributed by atoms with Crippen LogP contribution in [0.5, 0.6) is 0 Å². The number of nitriles is 1. The van der Waals surface area contributed by atoms with E-state index >= 15 is 0 Å². The molecule has 0 aliphatic carbocycles. The lowest BCUT2D eigenvalue weighted by Crippen LogP contribution is -2.03. The van der Waals surface area contributed by atoms with E-state index in [2.05, 4.69) is 124 Å². The minimum absolute atomic E-state index is 0.371. The molecule has 10 rings (SSSR count). The van der Waals surface area contributed by atoms with E-state index in [4.69, 9.17) is 9.97 Å². The van der Waals surface area contributed by atoms with Crippen LogP contribution in [0.3, 0.4) is 0 Å². The van der Waals surface area contributed by atoms with Crippen LogP contribution in [0.2, 0.25) is 0 Å². The highest BCUT2D eigenvalue weighted by Gasteiger charge is 2.19. The van der Waals surface area contributed by atoms with Crippen LogP contribution in [-0.2, 0) is 0 Å². The molecule has 0 aliphatic heterocycles. The summed E-state index contributed by atoms with van der Waals surface area (Å²) in [6.45, 7) is 0. The molecule has 0 amide bonds. The minimum Gasteiger partial charge on any atom is -0.309 e. The number of rotatable bonds is 2. The number of benzene rings is 7. The van der Waals surface area contributed by atoms with Gasteiger partial charge in [-0.15, -0.1) is 0 Å². The molecule has 5 nitrogen and oxygen atoms in total. The maximum absolute atomic E-state index is 9.96. The normalized spacial score (nSPS) is 11.9. The number of hydrogen-bond acceptors (Lipinski definition) is 3. The van der Waals surface area contributed by atoms with Crippen LogP contribution in [0.15, 0.2) is 140 Å². The first-order valence-electron chi connectivity index (χ1n) is 15.3. The van der Waals surface area contributed by atoms with Crippen LogP contribution in [0.4, 0.5) is 0 Å². The first kappa shape index (κ1) is 24.9. The van der Waals surface area contributed by atoms with Gasteiger partial charge < -0.3 is 4.57 Å². The Morgan fingerprint density at radius 2 is 1.04 bits per heavy atom. The highest BCUT2D eigenvalue weighted by Crippen LogP contribution is 2.40. The lowest BCUT2D eigenvalue weighted by atomic mass is 10.0. The van der Waals surface area contributed by atoms with Crippen LogP contribution in [0.25, 0.3) is 87.7 Å². The third-order valence-electron chi connectivity index (χ3n) is 9.35. The molecule has 0 atom stereocenters. The van der Waals surface area contributed by atoms with E-state index in [1.54, 1.807) is 0 Å². The Hall–Kier alpha value is -6.51. The third kappa shape index (κ3) is 3.33. The van der Waals surface area contributed by atoms with Gasteiger partial charge in [-0.25, -0.2) is 9.97 Å². The van der Waals surface area contributed by atoms with E-state index in [1.807, 2.05) is 30.3 Å². The maximum atomic E-state index is 9.96. The molecule has 46 heavy (non-hydrogen) atoms. The molecular formula is C41H23N5. The van der Waals surface area contributed by atoms with Crippen molar-refractivity contribution in [3.63, 3.8) is 0 Å². The highest BCUT2D eigenvalue weighted by molar-refractivity contribution is 6.23. The predicted octanol–water partition coefficient (Wildman–Crippen LogP) is 10.0. The second-order valence-corrected chi connectivity index (χ2v) is 11.8. The standard InChI is InChI=1S/C41H23N5/c42-24-34-30-11-3-6-14-33(30)43-41(44-34)46-36-16-8-5-13-32(36)40-29-20-19-27(23-26(29)18-22-38(40)46)45-35-15-7-4-12-31(35)39-28-10-2-1-9-25(28)17-21-37(39)45/h1-23H. The van der Waals surface area contributed by atoms with Crippen molar-refractivity contribution in [2.45, 2.75) is 0 Å². The van der Waals surface area contributed by atoms with Gasteiger partial charge in [0.15, 0.2) is 5.69 Å². The smallest absolute Gasteiger partial charge is 0.236 e. The van der Waals surface area contributed by atoms with Crippen molar-refractivity contribution >= 4 is 76.1 Å². The molecule has 10 aromatic rings. The summed E-state index contributed by atoms with van der Waals surface area (Å²) < 4.78 is 4.47. The molecule has 0 aliphatic rings. The van der Waals surface area contributed by atoms with Crippen molar-refractivity contribution in [1.82, 2.24) is 19.1 Å². The summed E-state index contributed by atoms with van der Waals surface area (Å²) in [5, 5.41) is 20.3. The Kier molecular flexibility index (Phi) is 5.00. The third-order valence-corrected chi connectivity index (χ3v) is 9.35. The maximum Gasteiger partial charge on any atom is 0.236 e. The van der Waals surface area contributed by atoms with E-state index in [9.17, 15) is 5.26 Å². The average molecular weight is 586 g/mol. The fourth-order valence-corrected chi connectivity index (χ4v) is 7.41. The van der Waals surface area contributed by atoms with Gasteiger partial charge in [0.05, 0.1) is 27.6 Å². The monoisotopic (exact) mass is 585 g/mol. The Balaban J connectivity index is 1.25. The van der Waals surface area contributed by atoms with Crippen molar-refractivity contribution < 1.29 is 0 Å². The number of nitrogens with zero attached hydrogens (tertiary/aromatic N) is 5. The molecule has 0 saturated heterocycles. The molecule has 0 unspecified atom stereocenters. The summed E-state index contributed by atoms with van der Waals surface area (Å²) in [5.74, 6) is 0.495. The minimum atomic E-state index is 0.371. The van der Waals surface area contributed by atoms with E-state index in [0.29, 0.717) is 11.6 Å². The molecule has 0 spiro atoms. The van der Waals surface area contributed by atoms with Crippen molar-refractivity contribution in [1.29, 1.82) is 5.26 Å². The Labute approximate surface area is 262 Å². The SMILES string of the molecule is N#Cc1nc(-n2c3ccccc3c3c4ccc(-n5c6ccccc6c6c7ccccc7ccc65)cc4ccc32)nc2ccccc12. The first-order chi connectivity index (χ1) is 22.8. The number of para-hydroxylation sites is 3. The van der Waals surface area contributed by atoms with Crippen molar-refractivity contribution in [3.05, 3.63) is 145 Å². The van der Waals surface area contributed by atoms with E-state index in [0.717, 1.165) is 49.2 Å². The van der Waals surface area contributed by atoms with Gasteiger partial charge in [0.2, 0.25) is 5.95 Å². The first-order valence-corrected chi connectivity index (χ1v) is 15.3. The van der Waals surface area contributed by atoms with E-state index in [-0.39, 0.29) is 0 Å². The fraction of sp³-hybridized carbons (Fsp3) is 0. The van der Waals surface area contributed by atoms with E-state index in [1.165, 1.54) is 32.6 Å². The number of fused-ring (bicyclic) bond motifs is 11. The van der Waals surface area contributed by atoms with Crippen LogP contribution >= 0.6 is 0 Å². The Bertz CT molecular complexity index is 2940. The molecule has 0 saturated carbocycles. The van der Waals surface area contributed by atoms with Crippen LogP contribution < -0.4 is 0 Å². The number of aromatic nitrogens is 4. The molecule has 3 aromatic heterocycles. The predicted molar refractivity (Wildman–Crippen MR) is 188 cm³/mol. The van der Waals surface area contributed by atoms with Crippen molar-refractivity contribution in [2.24, 2.45) is 0 Å². The van der Waals surface area contributed by atoms with Gasteiger partial charge in [0, 0.05) is 32.6 Å². The molecule has 0 N–H and O–H groups in total. The summed E-state index contributed by atoms with van der Waals surface area (Å²) >= 11 is 0. The quantitative estimate of drug-likeness (QED) is 0.203. The van der Waals surface area contributed by atoms with Gasteiger partial charge in [-0.3, -0.25) is 4.57 Å². The topological polar surface area (TPSA) is 59.4 Å². The molecule has 5 heteroatoms. The Morgan fingerprint density at radius 1 is 0.457 bits per heavy atom. The zero-order chi connectivity index (χ0) is 30.4. The van der Waals surface area contributed by atoms with Gasteiger partial charge in [-0.1, -0.05) is 91.0 Å². The molecule has 7 aromatic carbocycles. The second kappa shape index (κ2) is 9.25. The van der Waals surface area contributed by atoms with Crippen LogP contribution in [0.1, 0.15) is 5.69 Å². The number of hydrogen-bond donors (Lipinski definition) is 0. The lowest BCUT2D eigenvalue weighted by molar-refractivity contribution is 1.00. The average Bonchev–Trinajstić information content (AvgIpc) is 3.64. The van der Waals surface area contributed by atoms with Crippen LogP contribution in [0, 0.1) is 11.3 Å². The van der Waals surface area contributed by atoms with Gasteiger partial charge >= 0.3 is 0 Å². The summed E-state index contributed by atoms with van der Waals surface area (Å²) in [6, 6.07) is 51.2. The summed E-state index contributed by atoms with van der Waals surface area (Å²) in [6.07, 6.45) is 0. The summed E-state index contributed by atoms with van der Waals surface area (Å²) in [7, 11) is 0. The fourth-order valence-electron chi connectivity index (χ4n) is 7.41. The summed E-state index contributed by atoms with van der Waals surface area (Å²) in [4.78, 5) is 9.69. The lowest BCUT2D eigenvalue weighted by Gasteiger charge is -2.11. The molecule has 3 heterocycles. The zero-order valence-corrected chi connectivity index (χ0v) is 24.5. The van der Waals surface area contributed by atoms with E-state index < -0.39 is 0 Å². The summed E-state index contributed by atoms with van der Waals surface area (Å²) in [5.41, 5.74) is 6.63.